The minimum absolute atomic E-state index is 0.617. The molecule has 0 unspecified atom stereocenters. The van der Waals surface area contributed by atoms with Crippen LogP contribution in [0, 0.1) is 0 Å². The second kappa shape index (κ2) is 14.7. The van der Waals surface area contributed by atoms with Gasteiger partial charge in [0.2, 0.25) is 5.78 Å². The van der Waals surface area contributed by atoms with Gasteiger partial charge < -0.3 is 0 Å². The van der Waals surface area contributed by atoms with Crippen molar-refractivity contribution in [2.45, 2.75) is 0 Å². The van der Waals surface area contributed by atoms with E-state index in [-0.39, 0.29) is 0 Å². The number of nitrogens with zero attached hydrogens (tertiary/aromatic N) is 7. The number of hydrogen-bond acceptors (Lipinski definition) is 4. The minimum atomic E-state index is 0.617. The first-order valence-electron chi connectivity index (χ1n) is 22.6. The lowest BCUT2D eigenvalue weighted by molar-refractivity contribution is 1.07. The summed E-state index contributed by atoms with van der Waals surface area (Å²) in [6.45, 7) is 0. The van der Waals surface area contributed by atoms with Crippen molar-refractivity contribution >= 4 is 71.2 Å². The molecule has 7 nitrogen and oxygen atoms in total. The Morgan fingerprint density at radius 1 is 0.269 bits per heavy atom. The van der Waals surface area contributed by atoms with E-state index in [1.54, 1.807) is 0 Å². The molecule has 0 aliphatic carbocycles. The smallest absolute Gasteiger partial charge is 0.222 e. The van der Waals surface area contributed by atoms with Gasteiger partial charge in [0, 0.05) is 33.5 Å². The van der Waals surface area contributed by atoms with Crippen LogP contribution in [0.5, 0.6) is 0 Å². The van der Waals surface area contributed by atoms with Crippen molar-refractivity contribution in [2.24, 2.45) is 0 Å². The van der Waals surface area contributed by atoms with Crippen molar-refractivity contribution in [2.75, 3.05) is 0 Å². The highest BCUT2D eigenvalue weighted by atomic mass is 15.2. The normalized spacial score (nSPS) is 11.9. The van der Waals surface area contributed by atoms with Crippen LogP contribution in [0.15, 0.2) is 224 Å². The zero-order valence-corrected chi connectivity index (χ0v) is 36.0. The summed E-state index contributed by atoms with van der Waals surface area (Å²) in [6, 6.07) is 79.2. The summed E-state index contributed by atoms with van der Waals surface area (Å²) in [5, 5.41) is 8.56. The molecule has 0 radical (unpaired) electrons. The Hall–Kier alpha value is -9.20. The summed E-state index contributed by atoms with van der Waals surface area (Å²) < 4.78 is 7.00. The Bertz CT molecular complexity index is 4170. The Morgan fingerprint density at radius 3 is 1.43 bits per heavy atom. The minimum Gasteiger partial charge on any atom is -0.292 e. The predicted molar refractivity (Wildman–Crippen MR) is 274 cm³/mol. The third-order valence-electron chi connectivity index (χ3n) is 13.3. The van der Waals surface area contributed by atoms with Gasteiger partial charge in [-0.15, -0.1) is 0 Å². The van der Waals surface area contributed by atoms with Gasteiger partial charge in [-0.3, -0.25) is 13.5 Å². The summed E-state index contributed by atoms with van der Waals surface area (Å²) in [4.78, 5) is 20.7. The molecule has 14 aromatic rings. The fourth-order valence-electron chi connectivity index (χ4n) is 10.2. The molecule has 0 saturated heterocycles. The highest BCUT2D eigenvalue weighted by molar-refractivity contribution is 6.25. The second-order valence-corrected chi connectivity index (χ2v) is 17.1. The number of benzene rings is 10. The Kier molecular flexibility index (Phi) is 8.15. The molecule has 0 amide bonds. The molecule has 0 bridgehead atoms. The highest BCUT2D eigenvalue weighted by Crippen LogP contribution is 2.41. The fraction of sp³-hybridized carbons (Fsp3) is 0. The second-order valence-electron chi connectivity index (χ2n) is 17.1. The number of imidazole rings is 2. The molecule has 10 aromatic carbocycles. The molecular formula is C60H37N7. The third-order valence-corrected chi connectivity index (χ3v) is 13.3. The third kappa shape index (κ3) is 5.78. The van der Waals surface area contributed by atoms with Crippen LogP contribution in [-0.2, 0) is 0 Å². The van der Waals surface area contributed by atoms with Gasteiger partial charge in [-0.05, 0) is 92.0 Å². The number of rotatable bonds is 6. The molecule has 0 aliphatic rings. The molecule has 0 spiro atoms. The van der Waals surface area contributed by atoms with Crippen LogP contribution < -0.4 is 0 Å². The van der Waals surface area contributed by atoms with Crippen LogP contribution in [0.2, 0.25) is 0 Å². The first-order valence-corrected chi connectivity index (χ1v) is 22.6. The predicted octanol–water partition coefficient (Wildman–Crippen LogP) is 14.7. The SMILES string of the molecule is c1ccc(-c2nc(-c3ccccc3)nc(-c3cccc(-c4ccc5c(c4)n4c6c7ccccc7n(-c7ccccc7)c6nc4n5-c4ccc5c6ccccc6c6ccccc6c5c4)c3)n2)cc1. The van der Waals surface area contributed by atoms with Gasteiger partial charge in [-0.2, -0.15) is 4.98 Å². The van der Waals surface area contributed by atoms with E-state index in [4.69, 9.17) is 19.9 Å². The van der Waals surface area contributed by atoms with Crippen LogP contribution in [0.1, 0.15) is 0 Å². The monoisotopic (exact) mass is 855 g/mol. The van der Waals surface area contributed by atoms with E-state index in [2.05, 4.69) is 177 Å². The van der Waals surface area contributed by atoms with Crippen LogP contribution in [0.25, 0.3) is 128 Å². The average molecular weight is 856 g/mol. The Balaban J connectivity index is 1.02. The standard InChI is InChI=1S/C60H37N7/c1-4-17-38(18-5-1)56-61-57(39-19-6-2-7-20-39)63-58(62-56)42-22-16-21-40(35-42)41-31-34-53-54(36-41)67-55-50-29-14-15-30-52(50)65(43-23-8-3-9-24-43)59(55)64-60(67)66(53)44-32-33-49-47-27-11-10-25-45(47)46-26-12-13-28-48(46)51(49)37-44/h1-37H. The van der Waals surface area contributed by atoms with Gasteiger partial charge in [0.05, 0.1) is 16.6 Å². The summed E-state index contributed by atoms with van der Waals surface area (Å²) in [5.41, 5.74) is 12.2. The first-order chi connectivity index (χ1) is 33.2. The Morgan fingerprint density at radius 2 is 0.776 bits per heavy atom. The van der Waals surface area contributed by atoms with Crippen molar-refractivity contribution in [3.05, 3.63) is 224 Å². The lowest BCUT2D eigenvalue weighted by Gasteiger charge is -2.13. The van der Waals surface area contributed by atoms with E-state index < -0.39 is 0 Å². The number of aromatic nitrogens is 7. The molecule has 4 heterocycles. The van der Waals surface area contributed by atoms with Gasteiger partial charge in [-0.25, -0.2) is 15.0 Å². The fourth-order valence-corrected chi connectivity index (χ4v) is 10.2. The lowest BCUT2D eigenvalue weighted by atomic mass is 9.94. The van der Waals surface area contributed by atoms with E-state index in [1.807, 2.05) is 60.7 Å². The number of para-hydroxylation sites is 2. The van der Waals surface area contributed by atoms with Crippen LogP contribution in [0.4, 0.5) is 0 Å². The van der Waals surface area contributed by atoms with Gasteiger partial charge >= 0.3 is 0 Å². The van der Waals surface area contributed by atoms with Crippen molar-refractivity contribution in [1.82, 2.24) is 33.5 Å². The van der Waals surface area contributed by atoms with Crippen LogP contribution >= 0.6 is 0 Å². The van der Waals surface area contributed by atoms with E-state index in [0.29, 0.717) is 17.5 Å². The molecule has 312 valence electrons. The van der Waals surface area contributed by atoms with Crippen LogP contribution in [0.3, 0.4) is 0 Å². The van der Waals surface area contributed by atoms with Crippen molar-refractivity contribution < 1.29 is 0 Å². The van der Waals surface area contributed by atoms with Gasteiger partial charge in [0.1, 0.15) is 5.52 Å². The summed E-state index contributed by atoms with van der Waals surface area (Å²) in [5.74, 6) is 2.73. The molecule has 0 fully saturated rings. The number of fused-ring (bicyclic) bond motifs is 13. The maximum absolute atomic E-state index is 5.62. The summed E-state index contributed by atoms with van der Waals surface area (Å²) in [6.07, 6.45) is 0. The topological polar surface area (TPSA) is 65.8 Å². The van der Waals surface area contributed by atoms with Gasteiger partial charge in [0.25, 0.3) is 0 Å². The summed E-state index contributed by atoms with van der Waals surface area (Å²) in [7, 11) is 0. The Labute approximate surface area is 384 Å². The highest BCUT2D eigenvalue weighted by Gasteiger charge is 2.25. The average Bonchev–Trinajstić information content (AvgIpc) is 4.04. The zero-order chi connectivity index (χ0) is 44.0. The molecule has 4 aromatic heterocycles. The molecule has 0 N–H and O–H groups in total. The summed E-state index contributed by atoms with van der Waals surface area (Å²) >= 11 is 0. The molecule has 0 atom stereocenters. The molecule has 7 heteroatoms. The number of hydrogen-bond donors (Lipinski definition) is 0. The first kappa shape index (κ1) is 37.2. The lowest BCUT2D eigenvalue weighted by Crippen LogP contribution is -2.00. The van der Waals surface area contributed by atoms with E-state index in [0.717, 1.165) is 78.1 Å². The largest absolute Gasteiger partial charge is 0.292 e. The quantitative estimate of drug-likeness (QED) is 0.156. The van der Waals surface area contributed by atoms with Crippen molar-refractivity contribution in [3.8, 4) is 56.7 Å². The molecule has 14 rings (SSSR count). The zero-order valence-electron chi connectivity index (χ0n) is 36.0. The van der Waals surface area contributed by atoms with Gasteiger partial charge in [0.15, 0.2) is 23.1 Å². The van der Waals surface area contributed by atoms with Gasteiger partial charge in [-0.1, -0.05) is 176 Å². The maximum Gasteiger partial charge on any atom is 0.222 e. The van der Waals surface area contributed by atoms with Crippen LogP contribution in [-0.4, -0.2) is 33.5 Å². The molecule has 0 aliphatic heterocycles. The van der Waals surface area contributed by atoms with E-state index in [9.17, 15) is 0 Å². The molecule has 0 saturated carbocycles. The van der Waals surface area contributed by atoms with E-state index in [1.165, 1.54) is 32.3 Å². The molecular weight excluding hydrogens is 819 g/mol. The van der Waals surface area contributed by atoms with Crippen molar-refractivity contribution in [1.29, 1.82) is 0 Å². The van der Waals surface area contributed by atoms with Crippen molar-refractivity contribution in [3.63, 3.8) is 0 Å². The molecule has 67 heavy (non-hydrogen) atoms. The van der Waals surface area contributed by atoms with E-state index >= 15 is 0 Å². The maximum atomic E-state index is 5.62.